The van der Waals surface area contributed by atoms with Gasteiger partial charge in [-0.15, -0.1) is 11.6 Å². The number of rotatable bonds is 4. The van der Waals surface area contributed by atoms with E-state index >= 15 is 0 Å². The number of carbonyl (C=O) groups is 1. The molecule has 2 rings (SSSR count). The fourth-order valence-corrected chi connectivity index (χ4v) is 1.95. The standard InChI is InChI=1S/C15H13ClO2/c16-10-12-3-7-14(8-4-12)13-5-1-11(2-6-13)9-15(17)18/h1-8H,9-10H2,(H,17,18). The molecule has 0 fully saturated rings. The zero-order valence-corrected chi connectivity index (χ0v) is 10.5. The van der Waals surface area contributed by atoms with Crippen LogP contribution < -0.4 is 0 Å². The van der Waals surface area contributed by atoms with Crippen molar-refractivity contribution < 1.29 is 9.90 Å². The van der Waals surface area contributed by atoms with Crippen LogP contribution in [0.1, 0.15) is 11.1 Å². The van der Waals surface area contributed by atoms with Gasteiger partial charge < -0.3 is 5.11 Å². The molecule has 18 heavy (non-hydrogen) atoms. The lowest BCUT2D eigenvalue weighted by Crippen LogP contribution is -1.99. The molecule has 0 saturated heterocycles. The second-order valence-corrected chi connectivity index (χ2v) is 4.37. The summed E-state index contributed by atoms with van der Waals surface area (Å²) in [7, 11) is 0. The van der Waals surface area contributed by atoms with Gasteiger partial charge in [-0.25, -0.2) is 0 Å². The van der Waals surface area contributed by atoms with Crippen LogP contribution in [0, 0.1) is 0 Å². The summed E-state index contributed by atoms with van der Waals surface area (Å²) in [4.78, 5) is 10.6. The number of halogens is 1. The molecule has 2 aromatic carbocycles. The normalized spacial score (nSPS) is 10.3. The lowest BCUT2D eigenvalue weighted by Gasteiger charge is -2.04. The summed E-state index contributed by atoms with van der Waals surface area (Å²) in [6.45, 7) is 0. The van der Waals surface area contributed by atoms with Crippen LogP contribution in [0.25, 0.3) is 11.1 Å². The number of alkyl halides is 1. The molecule has 0 unspecified atom stereocenters. The molecule has 2 aromatic rings. The maximum absolute atomic E-state index is 10.6. The van der Waals surface area contributed by atoms with E-state index in [2.05, 4.69) is 0 Å². The van der Waals surface area contributed by atoms with E-state index in [1.54, 1.807) is 0 Å². The van der Waals surface area contributed by atoms with Crippen LogP contribution in [0.5, 0.6) is 0 Å². The molecule has 0 amide bonds. The predicted octanol–water partition coefficient (Wildman–Crippen LogP) is 3.72. The van der Waals surface area contributed by atoms with Gasteiger partial charge in [0, 0.05) is 5.88 Å². The van der Waals surface area contributed by atoms with Gasteiger partial charge in [-0.1, -0.05) is 48.5 Å². The van der Waals surface area contributed by atoms with E-state index in [0.717, 1.165) is 22.3 Å². The summed E-state index contributed by atoms with van der Waals surface area (Å²) in [6.07, 6.45) is 0.0610. The highest BCUT2D eigenvalue weighted by atomic mass is 35.5. The lowest BCUT2D eigenvalue weighted by molar-refractivity contribution is -0.136. The summed E-state index contributed by atoms with van der Waals surface area (Å²) >= 11 is 5.74. The van der Waals surface area contributed by atoms with Crippen molar-refractivity contribution in [3.63, 3.8) is 0 Å². The van der Waals surface area contributed by atoms with Gasteiger partial charge in [0.15, 0.2) is 0 Å². The topological polar surface area (TPSA) is 37.3 Å². The van der Waals surface area contributed by atoms with Gasteiger partial charge in [-0.2, -0.15) is 0 Å². The highest BCUT2D eigenvalue weighted by Crippen LogP contribution is 2.21. The Balaban J connectivity index is 2.20. The second kappa shape index (κ2) is 5.69. The first-order valence-electron chi connectivity index (χ1n) is 5.65. The van der Waals surface area contributed by atoms with Crippen molar-refractivity contribution in [3.05, 3.63) is 59.7 Å². The minimum atomic E-state index is -0.811. The van der Waals surface area contributed by atoms with E-state index in [0.29, 0.717) is 5.88 Å². The number of carboxylic acid groups (broad SMARTS) is 1. The van der Waals surface area contributed by atoms with E-state index in [1.807, 2.05) is 48.5 Å². The molecule has 1 N–H and O–H groups in total. The van der Waals surface area contributed by atoms with Crippen molar-refractivity contribution in [1.29, 1.82) is 0 Å². The molecule has 0 bridgehead atoms. The van der Waals surface area contributed by atoms with Crippen LogP contribution in [0.4, 0.5) is 0 Å². The Morgan fingerprint density at radius 1 is 0.889 bits per heavy atom. The van der Waals surface area contributed by atoms with Gasteiger partial charge in [-0.3, -0.25) is 4.79 Å². The first kappa shape index (κ1) is 12.7. The Morgan fingerprint density at radius 3 is 1.72 bits per heavy atom. The van der Waals surface area contributed by atoms with Crippen molar-refractivity contribution in [2.45, 2.75) is 12.3 Å². The molecule has 0 radical (unpaired) electrons. The first-order valence-corrected chi connectivity index (χ1v) is 6.18. The van der Waals surface area contributed by atoms with E-state index < -0.39 is 5.97 Å². The molecule has 0 aliphatic carbocycles. The van der Waals surface area contributed by atoms with Crippen molar-refractivity contribution in [1.82, 2.24) is 0 Å². The Hall–Kier alpha value is -1.80. The van der Waals surface area contributed by atoms with E-state index in [-0.39, 0.29) is 6.42 Å². The molecule has 0 aliphatic heterocycles. The molecule has 0 aliphatic rings. The number of benzene rings is 2. The lowest BCUT2D eigenvalue weighted by atomic mass is 10.0. The highest BCUT2D eigenvalue weighted by Gasteiger charge is 2.02. The van der Waals surface area contributed by atoms with Crippen molar-refractivity contribution >= 4 is 17.6 Å². The number of hydrogen-bond donors (Lipinski definition) is 1. The molecular weight excluding hydrogens is 248 g/mol. The summed E-state index contributed by atoms with van der Waals surface area (Å²) < 4.78 is 0. The molecule has 92 valence electrons. The largest absolute Gasteiger partial charge is 0.481 e. The molecule has 2 nitrogen and oxygen atoms in total. The zero-order chi connectivity index (χ0) is 13.0. The smallest absolute Gasteiger partial charge is 0.307 e. The van der Waals surface area contributed by atoms with Crippen LogP contribution in [0.2, 0.25) is 0 Å². The van der Waals surface area contributed by atoms with Crippen LogP contribution in [0.3, 0.4) is 0 Å². The zero-order valence-electron chi connectivity index (χ0n) is 9.77. The van der Waals surface area contributed by atoms with Crippen LogP contribution in [-0.4, -0.2) is 11.1 Å². The molecular formula is C15H13ClO2. The SMILES string of the molecule is O=C(O)Cc1ccc(-c2ccc(CCl)cc2)cc1. The Bertz CT molecular complexity index is 529. The maximum atomic E-state index is 10.6. The Kier molecular flexibility index (Phi) is 4.00. The molecule has 0 saturated carbocycles. The number of hydrogen-bond acceptors (Lipinski definition) is 1. The van der Waals surface area contributed by atoms with Crippen molar-refractivity contribution in [2.75, 3.05) is 0 Å². The fourth-order valence-electron chi connectivity index (χ4n) is 1.78. The van der Waals surface area contributed by atoms with Gasteiger partial charge >= 0.3 is 5.97 Å². The van der Waals surface area contributed by atoms with Gasteiger partial charge in [0.1, 0.15) is 0 Å². The van der Waals surface area contributed by atoms with E-state index in [4.69, 9.17) is 16.7 Å². The van der Waals surface area contributed by atoms with Crippen LogP contribution >= 0.6 is 11.6 Å². The second-order valence-electron chi connectivity index (χ2n) is 4.10. The summed E-state index contributed by atoms with van der Waals surface area (Å²) in [5.41, 5.74) is 4.07. The Labute approximate surface area is 111 Å². The third kappa shape index (κ3) is 3.11. The average molecular weight is 261 g/mol. The summed E-state index contributed by atoms with van der Waals surface area (Å²) in [5.74, 6) is -0.299. The minimum Gasteiger partial charge on any atom is -0.481 e. The molecule has 0 spiro atoms. The van der Waals surface area contributed by atoms with Gasteiger partial charge in [0.2, 0.25) is 0 Å². The quantitative estimate of drug-likeness (QED) is 0.851. The van der Waals surface area contributed by atoms with Crippen molar-refractivity contribution in [3.8, 4) is 11.1 Å². The van der Waals surface area contributed by atoms with Gasteiger partial charge in [-0.05, 0) is 22.3 Å². The number of carboxylic acids is 1. The molecule has 0 atom stereocenters. The molecule has 3 heteroatoms. The first-order chi connectivity index (χ1) is 8.69. The fraction of sp³-hybridized carbons (Fsp3) is 0.133. The third-order valence-corrected chi connectivity index (χ3v) is 3.06. The van der Waals surface area contributed by atoms with Crippen LogP contribution in [0.15, 0.2) is 48.5 Å². The minimum absolute atomic E-state index is 0.0610. The number of aliphatic carboxylic acids is 1. The predicted molar refractivity (Wildman–Crippen MR) is 72.8 cm³/mol. The Morgan fingerprint density at radius 2 is 1.33 bits per heavy atom. The monoisotopic (exact) mass is 260 g/mol. The third-order valence-electron chi connectivity index (χ3n) is 2.75. The van der Waals surface area contributed by atoms with E-state index in [1.165, 1.54) is 0 Å². The average Bonchev–Trinajstić information content (AvgIpc) is 2.39. The molecule has 0 aromatic heterocycles. The summed E-state index contributed by atoms with van der Waals surface area (Å²) in [6, 6.07) is 15.6. The van der Waals surface area contributed by atoms with E-state index in [9.17, 15) is 4.79 Å². The summed E-state index contributed by atoms with van der Waals surface area (Å²) in [5, 5.41) is 8.70. The maximum Gasteiger partial charge on any atom is 0.307 e. The van der Waals surface area contributed by atoms with Crippen LogP contribution in [-0.2, 0) is 17.1 Å². The highest BCUT2D eigenvalue weighted by molar-refractivity contribution is 6.17. The van der Waals surface area contributed by atoms with Crippen molar-refractivity contribution in [2.24, 2.45) is 0 Å². The van der Waals surface area contributed by atoms with Gasteiger partial charge in [0.25, 0.3) is 0 Å². The van der Waals surface area contributed by atoms with Gasteiger partial charge in [0.05, 0.1) is 6.42 Å². The molecule has 0 heterocycles.